The molecule has 0 spiro atoms. The van der Waals surface area contributed by atoms with Crippen molar-refractivity contribution in [3.05, 3.63) is 41.4 Å². The second-order valence-corrected chi connectivity index (χ2v) is 11.7. The summed E-state index contributed by atoms with van der Waals surface area (Å²) in [5.41, 5.74) is 0.528. The molecule has 1 amide bonds. The van der Waals surface area contributed by atoms with Crippen molar-refractivity contribution < 1.29 is 32.5 Å². The summed E-state index contributed by atoms with van der Waals surface area (Å²) in [6.07, 6.45) is 0.475. The molecule has 2 bridgehead atoms. The molecule has 1 unspecified atom stereocenters. The highest BCUT2D eigenvalue weighted by atomic mass is 35.5. The zero-order chi connectivity index (χ0) is 26.9. The number of ether oxygens (including phenoxy) is 2. The number of hydrogen-bond acceptors (Lipinski definition) is 6. The van der Waals surface area contributed by atoms with E-state index < -0.39 is 30.2 Å². The summed E-state index contributed by atoms with van der Waals surface area (Å²) in [5.74, 6) is 0.271. The van der Waals surface area contributed by atoms with Crippen LogP contribution in [-0.4, -0.2) is 64.4 Å². The largest absolute Gasteiger partial charge is 0.522 e. The van der Waals surface area contributed by atoms with E-state index in [4.69, 9.17) is 16.3 Å². The molecule has 0 radical (unpaired) electrons. The Morgan fingerprint density at radius 2 is 2.00 bits per heavy atom. The summed E-state index contributed by atoms with van der Waals surface area (Å²) < 4.78 is 49.4. The maximum Gasteiger partial charge on any atom is 0.522 e. The van der Waals surface area contributed by atoms with Crippen molar-refractivity contribution in [1.29, 1.82) is 0 Å². The lowest BCUT2D eigenvalue weighted by atomic mass is 9.59. The number of fused-ring (bicyclic) bond motifs is 4. The van der Waals surface area contributed by atoms with E-state index in [1.165, 1.54) is 0 Å². The number of halogens is 4. The van der Waals surface area contributed by atoms with Gasteiger partial charge in [-0.1, -0.05) is 11.6 Å². The van der Waals surface area contributed by atoms with Crippen LogP contribution in [0.3, 0.4) is 0 Å². The molecular weight excluding hydrogens is 525 g/mol. The Morgan fingerprint density at radius 3 is 2.68 bits per heavy atom. The quantitative estimate of drug-likeness (QED) is 0.578. The molecule has 4 saturated carbocycles. The average Bonchev–Trinajstić information content (AvgIpc) is 3.32. The van der Waals surface area contributed by atoms with Gasteiger partial charge in [-0.2, -0.15) is 0 Å². The topological polar surface area (TPSA) is 88.9 Å². The van der Waals surface area contributed by atoms with E-state index in [1.54, 1.807) is 24.5 Å². The molecule has 1 aliphatic heterocycles. The Labute approximate surface area is 223 Å². The first-order valence-electron chi connectivity index (χ1n) is 12.9. The third-order valence-corrected chi connectivity index (χ3v) is 9.19. The molecule has 2 atom stereocenters. The molecule has 4 fully saturated rings. The van der Waals surface area contributed by atoms with Gasteiger partial charge in [-0.05, 0) is 63.1 Å². The molecule has 1 aromatic heterocycles. The molecule has 8 nitrogen and oxygen atoms in total. The number of aromatic nitrogens is 2. The van der Waals surface area contributed by atoms with Crippen LogP contribution in [0, 0.1) is 0 Å². The van der Waals surface area contributed by atoms with Gasteiger partial charge in [0.2, 0.25) is 0 Å². The van der Waals surface area contributed by atoms with Crippen LogP contribution in [0.15, 0.2) is 30.7 Å². The molecule has 2 aromatic rings. The maximum atomic E-state index is 13.3. The summed E-state index contributed by atoms with van der Waals surface area (Å²) in [6, 6.07) is 5.28. The lowest BCUT2D eigenvalue weighted by Gasteiger charge is -2.56. The van der Waals surface area contributed by atoms with Crippen LogP contribution >= 0.6 is 11.6 Å². The molecule has 0 saturated heterocycles. The molecule has 2 heterocycles. The third kappa shape index (κ3) is 4.52. The Bertz CT molecular complexity index is 1220. The molecule has 4 aliphatic carbocycles. The number of hydrogen-bond donors (Lipinski definition) is 2. The number of amides is 1. The standard InChI is InChI=1S/C26H30ClF3N4O4/c1-33-13-21(37-20-3-2-16(27)10-19(20)33)23(36)32-25-6-4-24(5-7-25,11-22(25)35)34-12-18(31-14-34)15-8-17(9-15)38-26(28,29)30/h2-3,10,12,14-15,17,21-22,35H,4-9,11,13H2,1H3,(H,32,36)/t15?,17?,21?,22-,24?,25?/m0/s1. The number of nitrogens with one attached hydrogen (secondary N) is 1. The van der Waals surface area contributed by atoms with Crippen molar-refractivity contribution in [2.24, 2.45) is 0 Å². The van der Waals surface area contributed by atoms with Gasteiger partial charge >= 0.3 is 6.36 Å². The minimum Gasteiger partial charge on any atom is -0.477 e. The van der Waals surface area contributed by atoms with Crippen molar-refractivity contribution in [1.82, 2.24) is 14.9 Å². The van der Waals surface area contributed by atoms with Gasteiger partial charge < -0.3 is 24.6 Å². The summed E-state index contributed by atoms with van der Waals surface area (Å²) in [5, 5.41) is 15.0. The number of nitrogens with zero attached hydrogens (tertiary/aromatic N) is 3. The molecular formula is C26H30ClF3N4O4. The van der Waals surface area contributed by atoms with Gasteiger partial charge in [-0.3, -0.25) is 9.53 Å². The number of alkyl halides is 3. The van der Waals surface area contributed by atoms with Crippen LogP contribution in [0.5, 0.6) is 5.75 Å². The molecule has 7 rings (SSSR count). The van der Waals surface area contributed by atoms with Crippen LogP contribution in [0.1, 0.15) is 56.6 Å². The molecule has 5 aliphatic rings. The van der Waals surface area contributed by atoms with E-state index in [9.17, 15) is 23.1 Å². The first-order valence-corrected chi connectivity index (χ1v) is 13.3. The van der Waals surface area contributed by atoms with Crippen molar-refractivity contribution in [2.75, 3.05) is 18.5 Å². The van der Waals surface area contributed by atoms with Gasteiger partial charge in [0.1, 0.15) is 5.75 Å². The monoisotopic (exact) mass is 554 g/mol. The number of benzene rings is 1. The van der Waals surface area contributed by atoms with Crippen LogP contribution in [-0.2, 0) is 15.1 Å². The van der Waals surface area contributed by atoms with Gasteiger partial charge in [0.25, 0.3) is 5.91 Å². The third-order valence-electron chi connectivity index (χ3n) is 8.95. The summed E-state index contributed by atoms with van der Waals surface area (Å²) in [4.78, 5) is 19.7. The second kappa shape index (κ2) is 9.02. The predicted molar refractivity (Wildman–Crippen MR) is 132 cm³/mol. The number of aliphatic hydroxyl groups excluding tert-OH is 1. The Balaban J connectivity index is 1.09. The molecule has 206 valence electrons. The minimum atomic E-state index is -4.62. The highest BCUT2D eigenvalue weighted by Crippen LogP contribution is 2.52. The number of imidazole rings is 1. The SMILES string of the molecule is CN1CC(C(=O)NC23CCC(n4cnc(C5CC(OC(F)(F)F)C5)c4)(CC2)C[C@@H]3O)Oc2ccc(Cl)cc21. The van der Waals surface area contributed by atoms with E-state index in [2.05, 4.69) is 15.0 Å². The Kier molecular flexibility index (Phi) is 6.12. The van der Waals surface area contributed by atoms with Crippen LogP contribution in [0.2, 0.25) is 5.02 Å². The average molecular weight is 555 g/mol. The zero-order valence-electron chi connectivity index (χ0n) is 20.9. The molecule has 12 heteroatoms. The van der Waals surface area contributed by atoms with E-state index in [-0.39, 0.29) is 30.2 Å². The van der Waals surface area contributed by atoms with Crippen LogP contribution in [0.4, 0.5) is 18.9 Å². The van der Waals surface area contributed by atoms with Gasteiger partial charge in [-0.15, -0.1) is 13.2 Å². The fourth-order valence-corrected chi connectivity index (χ4v) is 6.78. The van der Waals surface area contributed by atoms with Crippen molar-refractivity contribution in [3.8, 4) is 5.75 Å². The lowest BCUT2D eigenvalue weighted by Crippen LogP contribution is -2.68. The van der Waals surface area contributed by atoms with E-state index in [0.717, 1.165) is 24.2 Å². The number of anilines is 1. The molecule has 2 N–H and O–H groups in total. The normalized spacial score (nSPS) is 34.3. The van der Waals surface area contributed by atoms with Crippen LogP contribution < -0.4 is 15.0 Å². The van der Waals surface area contributed by atoms with Crippen molar-refractivity contribution in [2.45, 2.75) is 86.6 Å². The summed E-state index contributed by atoms with van der Waals surface area (Å²) in [6.45, 7) is 0.364. The number of carbonyl (C=O) groups is 1. The van der Waals surface area contributed by atoms with Crippen molar-refractivity contribution in [3.63, 3.8) is 0 Å². The van der Waals surface area contributed by atoms with E-state index >= 15 is 0 Å². The Morgan fingerprint density at radius 1 is 1.26 bits per heavy atom. The predicted octanol–water partition coefficient (Wildman–Crippen LogP) is 4.11. The molecule has 1 aromatic carbocycles. The number of rotatable bonds is 5. The smallest absolute Gasteiger partial charge is 0.477 e. The fraction of sp³-hybridized carbons (Fsp3) is 0.615. The lowest BCUT2D eigenvalue weighted by molar-refractivity contribution is -0.351. The molecule has 38 heavy (non-hydrogen) atoms. The zero-order valence-corrected chi connectivity index (χ0v) is 21.6. The highest BCUT2D eigenvalue weighted by molar-refractivity contribution is 6.31. The summed E-state index contributed by atoms with van der Waals surface area (Å²) >= 11 is 6.10. The maximum absolute atomic E-state index is 13.3. The van der Waals surface area contributed by atoms with Gasteiger partial charge in [0.05, 0.1) is 42.0 Å². The highest BCUT2D eigenvalue weighted by Gasteiger charge is 2.56. The number of aliphatic hydroxyl groups is 1. The van der Waals surface area contributed by atoms with Gasteiger partial charge in [0, 0.05) is 29.7 Å². The minimum absolute atomic E-state index is 0.0646. The second-order valence-electron chi connectivity index (χ2n) is 11.2. The van der Waals surface area contributed by atoms with Crippen molar-refractivity contribution >= 4 is 23.2 Å². The fourth-order valence-electron chi connectivity index (χ4n) is 6.61. The van der Waals surface area contributed by atoms with Gasteiger partial charge in [-0.25, -0.2) is 4.98 Å². The van der Waals surface area contributed by atoms with Crippen LogP contribution in [0.25, 0.3) is 0 Å². The first-order chi connectivity index (χ1) is 18.0. The first kappa shape index (κ1) is 25.8. The Hall–Kier alpha value is -2.50. The van der Waals surface area contributed by atoms with E-state index in [1.807, 2.05) is 22.7 Å². The number of likely N-dealkylation sites (N-methyl/N-ethyl adjacent to an activating group) is 1. The van der Waals surface area contributed by atoms with E-state index in [0.29, 0.717) is 36.6 Å². The number of carbonyl (C=O) groups excluding carboxylic acids is 1. The summed E-state index contributed by atoms with van der Waals surface area (Å²) in [7, 11) is 1.88. The van der Waals surface area contributed by atoms with Gasteiger partial charge in [0.15, 0.2) is 6.10 Å².